The van der Waals surface area contributed by atoms with Crippen LogP contribution >= 0.6 is 11.6 Å². The van der Waals surface area contributed by atoms with Gasteiger partial charge < -0.3 is 14.8 Å². The van der Waals surface area contributed by atoms with Gasteiger partial charge in [-0.3, -0.25) is 4.79 Å². The van der Waals surface area contributed by atoms with Gasteiger partial charge in [0.15, 0.2) is 11.5 Å². The minimum atomic E-state index is -0.503. The van der Waals surface area contributed by atoms with Gasteiger partial charge in [0.05, 0.1) is 20.6 Å². The Bertz CT molecular complexity index is 714. The smallest absolute Gasteiger partial charge is 0.228 e. The predicted molar refractivity (Wildman–Crippen MR) is 88.0 cm³/mol. The molecule has 6 heteroatoms. The number of hydrogen-bond donors (Lipinski definition) is 1. The largest absolute Gasteiger partial charge is 0.493 e. The third-order valence-electron chi connectivity index (χ3n) is 3.40. The number of carbonyl (C=O) groups excluding carboxylic acids is 1. The molecule has 2 aromatic rings. The van der Waals surface area contributed by atoms with Crippen molar-refractivity contribution in [3.8, 4) is 11.5 Å². The van der Waals surface area contributed by atoms with Crippen molar-refractivity contribution in [2.45, 2.75) is 13.3 Å². The highest BCUT2D eigenvalue weighted by molar-refractivity contribution is 6.31. The molecule has 1 amide bonds. The van der Waals surface area contributed by atoms with Crippen LogP contribution < -0.4 is 14.8 Å². The van der Waals surface area contributed by atoms with Crippen molar-refractivity contribution in [1.29, 1.82) is 0 Å². The van der Waals surface area contributed by atoms with Gasteiger partial charge >= 0.3 is 0 Å². The Morgan fingerprint density at radius 3 is 2.48 bits per heavy atom. The number of nitrogens with one attached hydrogen (secondary N) is 1. The van der Waals surface area contributed by atoms with Crippen molar-refractivity contribution in [1.82, 2.24) is 0 Å². The quantitative estimate of drug-likeness (QED) is 0.897. The van der Waals surface area contributed by atoms with Gasteiger partial charge in [0, 0.05) is 22.3 Å². The Hall–Kier alpha value is -2.27. The number of benzene rings is 2. The number of anilines is 1. The van der Waals surface area contributed by atoms with Crippen molar-refractivity contribution in [2.24, 2.45) is 0 Å². The first-order valence-electron chi connectivity index (χ1n) is 6.91. The van der Waals surface area contributed by atoms with E-state index in [2.05, 4.69) is 5.32 Å². The summed E-state index contributed by atoms with van der Waals surface area (Å²) in [7, 11) is 3.05. The SMILES string of the molecule is COc1cc(C)c(NC(=O)Cc2c(F)cccc2Cl)cc1OC. The van der Waals surface area contributed by atoms with Gasteiger partial charge in [0.1, 0.15) is 5.82 Å². The van der Waals surface area contributed by atoms with E-state index >= 15 is 0 Å². The molecule has 4 nitrogen and oxygen atoms in total. The summed E-state index contributed by atoms with van der Waals surface area (Å²) in [5.74, 6) is 0.196. The van der Waals surface area contributed by atoms with Crippen LogP contribution in [0.4, 0.5) is 10.1 Å². The second-order valence-corrected chi connectivity index (χ2v) is 5.35. The van der Waals surface area contributed by atoms with Gasteiger partial charge in [-0.05, 0) is 30.7 Å². The molecule has 0 unspecified atom stereocenters. The highest BCUT2D eigenvalue weighted by atomic mass is 35.5. The van der Waals surface area contributed by atoms with E-state index in [4.69, 9.17) is 21.1 Å². The van der Waals surface area contributed by atoms with Gasteiger partial charge in [-0.15, -0.1) is 0 Å². The predicted octanol–water partition coefficient (Wildman–Crippen LogP) is 3.99. The Balaban J connectivity index is 2.20. The number of rotatable bonds is 5. The molecule has 0 bridgehead atoms. The summed E-state index contributed by atoms with van der Waals surface area (Å²) in [6.45, 7) is 1.83. The van der Waals surface area contributed by atoms with Gasteiger partial charge in [-0.25, -0.2) is 4.39 Å². The Labute approximate surface area is 139 Å². The molecule has 0 saturated heterocycles. The molecule has 0 atom stereocenters. The minimum Gasteiger partial charge on any atom is -0.493 e. The van der Waals surface area contributed by atoms with Crippen LogP contribution in [0.5, 0.6) is 11.5 Å². The molecule has 0 radical (unpaired) electrons. The van der Waals surface area contributed by atoms with Crippen LogP contribution in [0.25, 0.3) is 0 Å². The Kier molecular flexibility index (Phi) is 5.45. The monoisotopic (exact) mass is 337 g/mol. The topological polar surface area (TPSA) is 47.6 Å². The number of hydrogen-bond acceptors (Lipinski definition) is 3. The number of ether oxygens (including phenoxy) is 2. The summed E-state index contributed by atoms with van der Waals surface area (Å²) < 4.78 is 24.2. The lowest BCUT2D eigenvalue weighted by atomic mass is 10.1. The summed E-state index contributed by atoms with van der Waals surface area (Å²) in [6, 6.07) is 7.74. The van der Waals surface area contributed by atoms with Gasteiger partial charge in [0.2, 0.25) is 5.91 Å². The van der Waals surface area contributed by atoms with Crippen molar-refractivity contribution in [3.05, 3.63) is 52.3 Å². The molecular formula is C17H17ClFNO3. The van der Waals surface area contributed by atoms with Crippen LogP contribution in [-0.4, -0.2) is 20.1 Å². The second kappa shape index (κ2) is 7.33. The van der Waals surface area contributed by atoms with E-state index in [0.717, 1.165) is 5.56 Å². The van der Waals surface area contributed by atoms with Crippen molar-refractivity contribution < 1.29 is 18.7 Å². The highest BCUT2D eigenvalue weighted by Gasteiger charge is 2.14. The third-order valence-corrected chi connectivity index (χ3v) is 3.76. The van der Waals surface area contributed by atoms with Crippen LogP contribution in [0.3, 0.4) is 0 Å². The van der Waals surface area contributed by atoms with E-state index in [0.29, 0.717) is 17.2 Å². The van der Waals surface area contributed by atoms with Gasteiger partial charge in [-0.2, -0.15) is 0 Å². The average molecular weight is 338 g/mol. The molecule has 2 aromatic carbocycles. The molecule has 0 aliphatic heterocycles. The molecule has 23 heavy (non-hydrogen) atoms. The van der Waals surface area contributed by atoms with Crippen LogP contribution in [0.15, 0.2) is 30.3 Å². The average Bonchev–Trinajstić information content (AvgIpc) is 2.52. The molecule has 2 rings (SSSR count). The summed E-state index contributed by atoms with van der Waals surface area (Å²) in [5, 5.41) is 2.97. The fraction of sp³-hybridized carbons (Fsp3) is 0.235. The van der Waals surface area contributed by atoms with Gasteiger partial charge in [-0.1, -0.05) is 17.7 Å². The molecule has 122 valence electrons. The van der Waals surface area contributed by atoms with E-state index < -0.39 is 5.82 Å². The van der Waals surface area contributed by atoms with Crippen LogP contribution in [-0.2, 0) is 11.2 Å². The maximum Gasteiger partial charge on any atom is 0.228 e. The molecule has 1 N–H and O–H groups in total. The number of aryl methyl sites for hydroxylation is 1. The molecule has 0 aromatic heterocycles. The summed E-state index contributed by atoms with van der Waals surface area (Å²) >= 11 is 5.94. The van der Waals surface area contributed by atoms with E-state index in [1.165, 1.54) is 26.4 Å². The highest BCUT2D eigenvalue weighted by Crippen LogP contribution is 2.33. The molecule has 0 saturated carbocycles. The summed E-state index contributed by atoms with van der Waals surface area (Å²) in [4.78, 5) is 12.2. The molecular weight excluding hydrogens is 321 g/mol. The Morgan fingerprint density at radius 1 is 1.22 bits per heavy atom. The van der Waals surface area contributed by atoms with Crippen molar-refractivity contribution in [2.75, 3.05) is 19.5 Å². The minimum absolute atomic E-state index is 0.153. The molecule has 0 aliphatic carbocycles. The lowest BCUT2D eigenvalue weighted by Crippen LogP contribution is -2.16. The van der Waals surface area contributed by atoms with E-state index in [1.807, 2.05) is 6.92 Å². The van der Waals surface area contributed by atoms with Crippen LogP contribution in [0, 0.1) is 12.7 Å². The van der Waals surface area contributed by atoms with Crippen molar-refractivity contribution in [3.63, 3.8) is 0 Å². The van der Waals surface area contributed by atoms with E-state index in [-0.39, 0.29) is 22.9 Å². The number of amides is 1. The molecule has 0 heterocycles. The molecule has 0 spiro atoms. The first kappa shape index (κ1) is 17.1. The zero-order chi connectivity index (χ0) is 17.0. The fourth-order valence-corrected chi connectivity index (χ4v) is 2.40. The summed E-state index contributed by atoms with van der Waals surface area (Å²) in [5.41, 5.74) is 1.54. The number of halogens is 2. The first-order chi connectivity index (χ1) is 11.0. The number of methoxy groups -OCH3 is 2. The summed E-state index contributed by atoms with van der Waals surface area (Å²) in [6.07, 6.45) is -0.153. The van der Waals surface area contributed by atoms with Crippen molar-refractivity contribution >= 4 is 23.2 Å². The van der Waals surface area contributed by atoms with Gasteiger partial charge in [0.25, 0.3) is 0 Å². The van der Waals surface area contributed by atoms with E-state index in [9.17, 15) is 9.18 Å². The Morgan fingerprint density at radius 2 is 1.87 bits per heavy atom. The zero-order valence-corrected chi connectivity index (χ0v) is 13.8. The molecule has 0 fully saturated rings. The maximum absolute atomic E-state index is 13.7. The third kappa shape index (κ3) is 3.93. The lowest BCUT2D eigenvalue weighted by molar-refractivity contribution is -0.115. The number of carbonyl (C=O) groups is 1. The first-order valence-corrected chi connectivity index (χ1v) is 7.29. The lowest BCUT2D eigenvalue weighted by Gasteiger charge is -2.14. The van der Waals surface area contributed by atoms with E-state index in [1.54, 1.807) is 18.2 Å². The standard InChI is InChI=1S/C17H17ClFNO3/c1-10-7-15(22-2)16(23-3)9-14(10)20-17(21)8-11-12(18)5-4-6-13(11)19/h4-7,9H,8H2,1-3H3,(H,20,21). The zero-order valence-electron chi connectivity index (χ0n) is 13.1. The second-order valence-electron chi connectivity index (χ2n) is 4.95. The maximum atomic E-state index is 13.7. The molecule has 0 aliphatic rings. The van der Waals surface area contributed by atoms with Crippen LogP contribution in [0.1, 0.15) is 11.1 Å². The fourth-order valence-electron chi connectivity index (χ4n) is 2.17. The van der Waals surface area contributed by atoms with Crippen LogP contribution in [0.2, 0.25) is 5.02 Å². The normalized spacial score (nSPS) is 10.3.